The summed E-state index contributed by atoms with van der Waals surface area (Å²) in [6.45, 7) is 3.78. The van der Waals surface area contributed by atoms with Crippen molar-refractivity contribution in [3.05, 3.63) is 28.2 Å². The summed E-state index contributed by atoms with van der Waals surface area (Å²) in [7, 11) is 1.71. The van der Waals surface area contributed by atoms with E-state index in [4.69, 9.17) is 14.2 Å². The summed E-state index contributed by atoms with van der Waals surface area (Å²) in [5, 5.41) is 3.34. The molecule has 2 rings (SSSR count). The Labute approximate surface area is 128 Å². The fourth-order valence-electron chi connectivity index (χ4n) is 2.20. The third-order valence-electron chi connectivity index (χ3n) is 3.28. The van der Waals surface area contributed by atoms with Gasteiger partial charge < -0.3 is 19.5 Å². The van der Waals surface area contributed by atoms with E-state index in [1.165, 1.54) is 0 Å². The molecule has 1 unspecified atom stereocenters. The van der Waals surface area contributed by atoms with Gasteiger partial charge in [-0.05, 0) is 34.8 Å². The number of hydrogen-bond acceptors (Lipinski definition) is 4. The molecule has 0 aromatic heterocycles. The summed E-state index contributed by atoms with van der Waals surface area (Å²) in [5.74, 6) is 0.910. The lowest BCUT2D eigenvalue weighted by molar-refractivity contribution is 0.0673. The highest BCUT2D eigenvalue weighted by molar-refractivity contribution is 9.10. The molecule has 1 aliphatic rings. The summed E-state index contributed by atoms with van der Waals surface area (Å²) in [4.78, 5) is 0. The van der Waals surface area contributed by atoms with Crippen LogP contribution in [0.2, 0.25) is 0 Å². The average Bonchev–Trinajstić information content (AvgIpc) is 2.96. The second-order valence-corrected chi connectivity index (χ2v) is 5.70. The third-order valence-corrected chi connectivity index (χ3v) is 3.91. The SMILES string of the molecule is COCCNCc1cccc(Br)c1OCC1CCCO1. The van der Waals surface area contributed by atoms with Crippen molar-refractivity contribution in [3.63, 3.8) is 0 Å². The maximum Gasteiger partial charge on any atom is 0.138 e. The molecule has 0 bridgehead atoms. The van der Waals surface area contributed by atoms with Crippen molar-refractivity contribution >= 4 is 15.9 Å². The Balaban J connectivity index is 1.90. The van der Waals surface area contributed by atoms with E-state index in [2.05, 4.69) is 27.3 Å². The van der Waals surface area contributed by atoms with Crippen LogP contribution < -0.4 is 10.1 Å². The fraction of sp³-hybridized carbons (Fsp3) is 0.600. The highest BCUT2D eigenvalue weighted by Crippen LogP contribution is 2.29. The number of benzene rings is 1. The van der Waals surface area contributed by atoms with E-state index >= 15 is 0 Å². The van der Waals surface area contributed by atoms with Crippen LogP contribution in [0.4, 0.5) is 0 Å². The van der Waals surface area contributed by atoms with Crippen molar-refractivity contribution < 1.29 is 14.2 Å². The number of hydrogen-bond donors (Lipinski definition) is 1. The van der Waals surface area contributed by atoms with Crippen LogP contribution in [0.15, 0.2) is 22.7 Å². The van der Waals surface area contributed by atoms with Gasteiger partial charge in [-0.1, -0.05) is 12.1 Å². The molecule has 1 fully saturated rings. The maximum absolute atomic E-state index is 5.97. The normalized spacial score (nSPS) is 18.4. The van der Waals surface area contributed by atoms with Gasteiger partial charge in [0, 0.05) is 32.4 Å². The van der Waals surface area contributed by atoms with Crippen molar-refractivity contribution in [2.75, 3.05) is 33.5 Å². The van der Waals surface area contributed by atoms with Gasteiger partial charge in [0.2, 0.25) is 0 Å². The van der Waals surface area contributed by atoms with Gasteiger partial charge in [0.15, 0.2) is 0 Å². The van der Waals surface area contributed by atoms with Crippen LogP contribution in [-0.2, 0) is 16.0 Å². The highest BCUT2D eigenvalue weighted by atomic mass is 79.9. The number of halogens is 1. The molecule has 1 aromatic rings. The van der Waals surface area contributed by atoms with E-state index in [1.807, 2.05) is 12.1 Å². The summed E-state index contributed by atoms with van der Waals surface area (Å²) >= 11 is 3.56. The molecule has 0 aliphatic carbocycles. The van der Waals surface area contributed by atoms with Crippen molar-refractivity contribution in [2.24, 2.45) is 0 Å². The zero-order valence-corrected chi connectivity index (χ0v) is 13.4. The minimum atomic E-state index is 0.233. The van der Waals surface area contributed by atoms with Crippen molar-refractivity contribution in [2.45, 2.75) is 25.5 Å². The van der Waals surface area contributed by atoms with Gasteiger partial charge in [-0.25, -0.2) is 0 Å². The Bertz CT molecular complexity index is 408. The molecule has 1 atom stereocenters. The first-order valence-electron chi connectivity index (χ1n) is 7.02. The molecule has 0 amide bonds. The molecule has 0 saturated carbocycles. The van der Waals surface area contributed by atoms with Gasteiger partial charge in [0.25, 0.3) is 0 Å². The molecule has 112 valence electrons. The zero-order chi connectivity index (χ0) is 14.2. The molecular formula is C15H22BrNO3. The highest BCUT2D eigenvalue weighted by Gasteiger charge is 2.17. The van der Waals surface area contributed by atoms with Gasteiger partial charge in [0.1, 0.15) is 12.4 Å². The van der Waals surface area contributed by atoms with Crippen molar-refractivity contribution in [1.29, 1.82) is 0 Å². The molecule has 5 heteroatoms. The molecule has 0 radical (unpaired) electrons. The number of methoxy groups -OCH3 is 1. The molecule has 1 N–H and O–H groups in total. The van der Waals surface area contributed by atoms with E-state index in [-0.39, 0.29) is 6.10 Å². The second kappa shape index (κ2) is 8.62. The summed E-state index contributed by atoms with van der Waals surface area (Å²) in [5.41, 5.74) is 1.15. The Morgan fingerprint density at radius 2 is 2.35 bits per heavy atom. The Morgan fingerprint density at radius 1 is 1.45 bits per heavy atom. The number of nitrogens with one attached hydrogen (secondary N) is 1. The van der Waals surface area contributed by atoms with Crippen LogP contribution in [0.1, 0.15) is 18.4 Å². The van der Waals surface area contributed by atoms with Gasteiger partial charge in [0.05, 0.1) is 17.2 Å². The largest absolute Gasteiger partial charge is 0.489 e. The van der Waals surface area contributed by atoms with Crippen LogP contribution in [-0.4, -0.2) is 39.6 Å². The fourth-order valence-corrected chi connectivity index (χ4v) is 2.73. The molecule has 0 spiro atoms. The Morgan fingerprint density at radius 3 is 3.10 bits per heavy atom. The summed E-state index contributed by atoms with van der Waals surface area (Å²) in [6.07, 6.45) is 2.46. The smallest absolute Gasteiger partial charge is 0.138 e. The first-order valence-corrected chi connectivity index (χ1v) is 7.82. The van der Waals surface area contributed by atoms with Gasteiger partial charge in [-0.2, -0.15) is 0 Å². The lowest BCUT2D eigenvalue weighted by Crippen LogP contribution is -2.20. The quantitative estimate of drug-likeness (QED) is 0.736. The summed E-state index contributed by atoms with van der Waals surface area (Å²) < 4.78 is 17.6. The maximum atomic E-state index is 5.97. The second-order valence-electron chi connectivity index (χ2n) is 4.84. The van der Waals surface area contributed by atoms with Crippen LogP contribution in [0.25, 0.3) is 0 Å². The van der Waals surface area contributed by atoms with Gasteiger partial charge in [-0.3, -0.25) is 0 Å². The standard InChI is InChI=1S/C15H22BrNO3/c1-18-9-7-17-10-12-4-2-6-14(16)15(12)20-11-13-5-3-8-19-13/h2,4,6,13,17H,3,5,7-11H2,1H3. The minimum absolute atomic E-state index is 0.233. The third kappa shape index (κ3) is 4.74. The molecule has 1 aliphatic heterocycles. The number of rotatable bonds is 8. The molecule has 1 saturated heterocycles. The molecule has 1 heterocycles. The predicted octanol–water partition coefficient (Wildman–Crippen LogP) is 2.74. The van der Waals surface area contributed by atoms with Gasteiger partial charge in [-0.15, -0.1) is 0 Å². The van der Waals surface area contributed by atoms with E-state index in [9.17, 15) is 0 Å². The van der Waals surface area contributed by atoms with Crippen molar-refractivity contribution in [1.82, 2.24) is 5.32 Å². The Hall–Kier alpha value is -0.620. The average molecular weight is 344 g/mol. The van der Waals surface area contributed by atoms with Crippen LogP contribution in [0.3, 0.4) is 0 Å². The number of para-hydroxylation sites is 1. The van der Waals surface area contributed by atoms with Gasteiger partial charge >= 0.3 is 0 Å². The predicted molar refractivity (Wildman–Crippen MR) is 82.2 cm³/mol. The van der Waals surface area contributed by atoms with Crippen LogP contribution in [0.5, 0.6) is 5.75 Å². The lowest BCUT2D eigenvalue weighted by atomic mass is 10.2. The molecular weight excluding hydrogens is 322 g/mol. The lowest BCUT2D eigenvalue weighted by Gasteiger charge is -2.16. The van der Waals surface area contributed by atoms with E-state index in [0.29, 0.717) is 13.2 Å². The summed E-state index contributed by atoms with van der Waals surface area (Å²) in [6, 6.07) is 6.11. The van der Waals surface area contributed by atoms with E-state index in [0.717, 1.165) is 48.3 Å². The van der Waals surface area contributed by atoms with Crippen LogP contribution in [0, 0.1) is 0 Å². The zero-order valence-electron chi connectivity index (χ0n) is 11.9. The molecule has 20 heavy (non-hydrogen) atoms. The topological polar surface area (TPSA) is 39.7 Å². The first kappa shape index (κ1) is 15.8. The van der Waals surface area contributed by atoms with E-state index in [1.54, 1.807) is 7.11 Å². The number of ether oxygens (including phenoxy) is 3. The van der Waals surface area contributed by atoms with Crippen molar-refractivity contribution in [3.8, 4) is 5.75 Å². The monoisotopic (exact) mass is 343 g/mol. The minimum Gasteiger partial charge on any atom is -0.489 e. The first-order chi connectivity index (χ1) is 9.81. The van der Waals surface area contributed by atoms with E-state index < -0.39 is 0 Å². The molecule has 1 aromatic carbocycles. The Kier molecular flexibility index (Phi) is 6.79. The van der Waals surface area contributed by atoms with Crippen LogP contribution >= 0.6 is 15.9 Å². The molecule has 4 nitrogen and oxygen atoms in total.